The van der Waals surface area contributed by atoms with E-state index in [4.69, 9.17) is 5.73 Å². The number of nitrogens with zero attached hydrogens (tertiary/aromatic N) is 2. The van der Waals surface area contributed by atoms with Crippen molar-refractivity contribution in [2.75, 3.05) is 46.3 Å². The summed E-state index contributed by atoms with van der Waals surface area (Å²) in [4.78, 5) is 17.1. The monoisotopic (exact) mass is 308 g/mol. The lowest BCUT2D eigenvalue weighted by Crippen LogP contribution is -2.51. The van der Waals surface area contributed by atoms with Crippen LogP contribution in [-0.2, 0) is 4.79 Å². The number of nitrogens with one attached hydrogen (secondary N) is 1. The summed E-state index contributed by atoms with van der Waals surface area (Å²) in [5.41, 5.74) is 6.29. The first-order chi connectivity index (χ1) is 10.6. The van der Waals surface area contributed by atoms with Gasteiger partial charge in [-0.25, -0.2) is 0 Å². The Bertz CT molecular complexity index is 373. The van der Waals surface area contributed by atoms with Gasteiger partial charge in [-0.1, -0.05) is 0 Å². The molecule has 0 spiro atoms. The van der Waals surface area contributed by atoms with Crippen LogP contribution in [0.15, 0.2) is 0 Å². The molecule has 1 saturated carbocycles. The highest BCUT2D eigenvalue weighted by molar-refractivity contribution is 5.79. The zero-order valence-electron chi connectivity index (χ0n) is 14.0. The number of amides is 1. The molecule has 3 aliphatic rings. The van der Waals surface area contributed by atoms with Gasteiger partial charge < -0.3 is 20.9 Å². The Balaban J connectivity index is 1.48. The van der Waals surface area contributed by atoms with E-state index >= 15 is 0 Å². The first-order valence-corrected chi connectivity index (χ1v) is 9.09. The SMILES string of the molecule is CN1CCN(C(=O)C2CCC(C3CCNCC3N)CC2)CC1. The van der Waals surface area contributed by atoms with E-state index in [1.54, 1.807) is 0 Å². The van der Waals surface area contributed by atoms with E-state index in [0.717, 1.165) is 58.0 Å². The van der Waals surface area contributed by atoms with Crippen LogP contribution in [0, 0.1) is 17.8 Å². The van der Waals surface area contributed by atoms with Gasteiger partial charge in [0.1, 0.15) is 0 Å². The summed E-state index contributed by atoms with van der Waals surface area (Å²) < 4.78 is 0. The Labute approximate surface area is 134 Å². The molecule has 5 nitrogen and oxygen atoms in total. The Morgan fingerprint density at radius 1 is 1.05 bits per heavy atom. The van der Waals surface area contributed by atoms with Crippen LogP contribution in [0.4, 0.5) is 0 Å². The predicted molar refractivity (Wildman–Crippen MR) is 88.5 cm³/mol. The summed E-state index contributed by atoms with van der Waals surface area (Å²) in [6, 6.07) is 0.309. The molecule has 0 radical (unpaired) electrons. The molecule has 22 heavy (non-hydrogen) atoms. The highest BCUT2D eigenvalue weighted by Gasteiger charge is 2.35. The van der Waals surface area contributed by atoms with Crippen molar-refractivity contribution >= 4 is 5.91 Å². The minimum Gasteiger partial charge on any atom is -0.340 e. The second-order valence-corrected chi connectivity index (χ2v) is 7.56. The fourth-order valence-corrected chi connectivity index (χ4v) is 4.57. The second-order valence-electron chi connectivity index (χ2n) is 7.56. The number of likely N-dealkylation sites (N-methyl/N-ethyl adjacent to an activating group) is 1. The molecule has 2 unspecified atom stereocenters. The maximum Gasteiger partial charge on any atom is 0.225 e. The number of hydrogen-bond donors (Lipinski definition) is 2. The molecule has 0 bridgehead atoms. The normalized spacial score (nSPS) is 38.0. The first-order valence-electron chi connectivity index (χ1n) is 9.09. The number of piperazine rings is 1. The van der Waals surface area contributed by atoms with Gasteiger partial charge in [-0.15, -0.1) is 0 Å². The summed E-state index contributed by atoms with van der Waals surface area (Å²) in [6.45, 7) is 5.93. The van der Waals surface area contributed by atoms with Crippen LogP contribution in [0.1, 0.15) is 32.1 Å². The molecule has 2 heterocycles. The largest absolute Gasteiger partial charge is 0.340 e. The van der Waals surface area contributed by atoms with Crippen LogP contribution in [0.3, 0.4) is 0 Å². The van der Waals surface area contributed by atoms with E-state index in [-0.39, 0.29) is 5.92 Å². The Hall–Kier alpha value is -0.650. The molecule has 2 aliphatic heterocycles. The Morgan fingerprint density at radius 3 is 2.36 bits per heavy atom. The quantitative estimate of drug-likeness (QED) is 0.780. The van der Waals surface area contributed by atoms with E-state index in [1.807, 2.05) is 0 Å². The molecule has 3 N–H and O–H groups in total. The third kappa shape index (κ3) is 3.63. The molecule has 0 aromatic rings. The van der Waals surface area contributed by atoms with Crippen molar-refractivity contribution in [2.24, 2.45) is 23.5 Å². The highest BCUT2D eigenvalue weighted by atomic mass is 16.2. The smallest absolute Gasteiger partial charge is 0.225 e. The number of carbonyl (C=O) groups excluding carboxylic acids is 1. The maximum absolute atomic E-state index is 12.7. The van der Waals surface area contributed by atoms with Crippen LogP contribution in [0.25, 0.3) is 0 Å². The van der Waals surface area contributed by atoms with Crippen molar-refractivity contribution in [1.82, 2.24) is 15.1 Å². The average Bonchev–Trinajstić information content (AvgIpc) is 2.56. The Kier molecular flexibility index (Phi) is 5.37. The van der Waals surface area contributed by atoms with Crippen LogP contribution in [-0.4, -0.2) is 68.1 Å². The summed E-state index contributed by atoms with van der Waals surface area (Å²) in [5.74, 6) is 2.10. The first kappa shape index (κ1) is 16.2. The van der Waals surface area contributed by atoms with Crippen LogP contribution in [0.2, 0.25) is 0 Å². The third-order valence-corrected chi connectivity index (χ3v) is 6.13. The van der Waals surface area contributed by atoms with E-state index in [9.17, 15) is 4.79 Å². The van der Waals surface area contributed by atoms with Crippen molar-refractivity contribution < 1.29 is 4.79 Å². The predicted octanol–water partition coefficient (Wildman–Crippen LogP) is 0.504. The summed E-state index contributed by atoms with van der Waals surface area (Å²) in [7, 11) is 2.13. The zero-order chi connectivity index (χ0) is 15.5. The van der Waals surface area contributed by atoms with Gasteiger partial charge in [0.25, 0.3) is 0 Å². The van der Waals surface area contributed by atoms with E-state index in [2.05, 4.69) is 22.2 Å². The summed E-state index contributed by atoms with van der Waals surface area (Å²) in [6.07, 6.45) is 5.76. The van der Waals surface area contributed by atoms with Gasteiger partial charge in [-0.3, -0.25) is 4.79 Å². The van der Waals surface area contributed by atoms with E-state index < -0.39 is 0 Å². The zero-order valence-corrected chi connectivity index (χ0v) is 14.0. The fraction of sp³-hybridized carbons (Fsp3) is 0.941. The molecular formula is C17H32N4O. The fourth-order valence-electron chi connectivity index (χ4n) is 4.57. The molecule has 0 aromatic heterocycles. The standard InChI is InChI=1S/C17H32N4O/c1-20-8-10-21(11-9-20)17(22)14-4-2-13(3-5-14)15-6-7-19-12-16(15)18/h13-16,19H,2-12,18H2,1H3. The summed E-state index contributed by atoms with van der Waals surface area (Å²) in [5, 5.41) is 3.39. The van der Waals surface area contributed by atoms with Gasteiger partial charge in [0.05, 0.1) is 0 Å². The van der Waals surface area contributed by atoms with Gasteiger partial charge in [0.15, 0.2) is 0 Å². The molecule has 5 heteroatoms. The van der Waals surface area contributed by atoms with Crippen molar-refractivity contribution in [3.05, 3.63) is 0 Å². The van der Waals surface area contributed by atoms with Crippen LogP contribution in [0.5, 0.6) is 0 Å². The lowest BCUT2D eigenvalue weighted by molar-refractivity contribution is -0.138. The van der Waals surface area contributed by atoms with Gasteiger partial charge in [0.2, 0.25) is 5.91 Å². The lowest BCUT2D eigenvalue weighted by Gasteiger charge is -2.40. The number of nitrogens with two attached hydrogens (primary N) is 1. The third-order valence-electron chi connectivity index (χ3n) is 6.13. The molecule has 3 fully saturated rings. The van der Waals surface area contributed by atoms with Gasteiger partial charge in [0, 0.05) is 44.7 Å². The minimum absolute atomic E-state index is 0.276. The highest BCUT2D eigenvalue weighted by Crippen LogP contribution is 2.37. The second kappa shape index (κ2) is 7.28. The molecule has 1 amide bonds. The molecule has 126 valence electrons. The molecule has 2 atom stereocenters. The van der Waals surface area contributed by atoms with Crippen molar-refractivity contribution in [2.45, 2.75) is 38.1 Å². The molecule has 1 aliphatic carbocycles. The van der Waals surface area contributed by atoms with Crippen LogP contribution >= 0.6 is 0 Å². The number of rotatable bonds is 2. The molecule has 3 rings (SSSR count). The number of carbonyl (C=O) groups is 1. The topological polar surface area (TPSA) is 61.6 Å². The van der Waals surface area contributed by atoms with Crippen molar-refractivity contribution in [3.63, 3.8) is 0 Å². The van der Waals surface area contributed by atoms with Crippen molar-refractivity contribution in [3.8, 4) is 0 Å². The lowest BCUT2D eigenvalue weighted by atomic mass is 9.71. The molecule has 2 saturated heterocycles. The summed E-state index contributed by atoms with van der Waals surface area (Å²) >= 11 is 0. The van der Waals surface area contributed by atoms with Gasteiger partial charge in [-0.05, 0) is 57.5 Å². The van der Waals surface area contributed by atoms with Crippen molar-refractivity contribution in [1.29, 1.82) is 0 Å². The molecular weight excluding hydrogens is 276 g/mol. The minimum atomic E-state index is 0.276. The van der Waals surface area contributed by atoms with Gasteiger partial charge >= 0.3 is 0 Å². The van der Waals surface area contributed by atoms with Crippen LogP contribution < -0.4 is 11.1 Å². The van der Waals surface area contributed by atoms with E-state index in [1.165, 1.54) is 19.3 Å². The number of hydrogen-bond acceptors (Lipinski definition) is 4. The van der Waals surface area contributed by atoms with Gasteiger partial charge in [-0.2, -0.15) is 0 Å². The van der Waals surface area contributed by atoms with E-state index in [0.29, 0.717) is 17.9 Å². The average molecular weight is 308 g/mol. The molecule has 0 aromatic carbocycles. The Morgan fingerprint density at radius 2 is 1.73 bits per heavy atom. The number of piperidine rings is 1. The maximum atomic E-state index is 12.7.